The third-order valence-corrected chi connectivity index (χ3v) is 5.02. The van der Waals surface area contributed by atoms with E-state index < -0.39 is 15.8 Å². The SMILES string of the molecule is Cc1c(Cl)cccc1NS(=O)(=O)c1cc(N)cc(F)c1C. The Morgan fingerprint density at radius 2 is 1.86 bits per heavy atom. The molecule has 0 aliphatic carbocycles. The van der Waals surface area contributed by atoms with Crippen LogP contribution in [-0.2, 0) is 10.0 Å². The number of hydrogen-bond donors (Lipinski definition) is 2. The van der Waals surface area contributed by atoms with Gasteiger partial charge in [-0.2, -0.15) is 0 Å². The van der Waals surface area contributed by atoms with E-state index in [1.807, 2.05) is 0 Å². The van der Waals surface area contributed by atoms with Crippen molar-refractivity contribution in [1.29, 1.82) is 0 Å². The molecular formula is C14H14ClFN2O2S. The van der Waals surface area contributed by atoms with E-state index in [1.54, 1.807) is 25.1 Å². The minimum Gasteiger partial charge on any atom is -0.399 e. The fourth-order valence-corrected chi connectivity index (χ4v) is 3.46. The highest BCUT2D eigenvalue weighted by atomic mass is 35.5. The second-order valence-corrected chi connectivity index (χ2v) is 6.70. The molecule has 0 heterocycles. The smallest absolute Gasteiger partial charge is 0.262 e. The van der Waals surface area contributed by atoms with Gasteiger partial charge >= 0.3 is 0 Å². The van der Waals surface area contributed by atoms with Crippen molar-refractivity contribution < 1.29 is 12.8 Å². The van der Waals surface area contributed by atoms with Gasteiger partial charge < -0.3 is 5.73 Å². The van der Waals surface area contributed by atoms with Crippen LogP contribution >= 0.6 is 11.6 Å². The molecule has 3 N–H and O–H groups in total. The van der Waals surface area contributed by atoms with Crippen molar-refractivity contribution in [2.45, 2.75) is 18.7 Å². The van der Waals surface area contributed by atoms with E-state index in [1.165, 1.54) is 13.0 Å². The van der Waals surface area contributed by atoms with Crippen molar-refractivity contribution in [3.63, 3.8) is 0 Å². The molecule has 21 heavy (non-hydrogen) atoms. The second kappa shape index (κ2) is 5.54. The first kappa shape index (κ1) is 15.6. The van der Waals surface area contributed by atoms with Crippen LogP contribution in [0.2, 0.25) is 5.02 Å². The molecule has 0 fully saturated rings. The van der Waals surface area contributed by atoms with Gasteiger partial charge in [0.15, 0.2) is 0 Å². The molecule has 0 aliphatic heterocycles. The van der Waals surface area contributed by atoms with Crippen LogP contribution in [0.25, 0.3) is 0 Å². The highest BCUT2D eigenvalue weighted by molar-refractivity contribution is 7.92. The molecule has 0 radical (unpaired) electrons. The number of anilines is 2. The second-order valence-electron chi connectivity index (χ2n) is 4.64. The lowest BCUT2D eigenvalue weighted by atomic mass is 10.2. The number of nitrogen functional groups attached to an aromatic ring is 1. The summed E-state index contributed by atoms with van der Waals surface area (Å²) >= 11 is 5.96. The van der Waals surface area contributed by atoms with Crippen molar-refractivity contribution in [3.05, 3.63) is 52.3 Å². The third-order valence-electron chi connectivity index (χ3n) is 3.12. The first-order valence-electron chi connectivity index (χ1n) is 6.06. The van der Waals surface area contributed by atoms with Crippen molar-refractivity contribution >= 4 is 33.0 Å². The van der Waals surface area contributed by atoms with Gasteiger partial charge in [-0.15, -0.1) is 0 Å². The van der Waals surface area contributed by atoms with Crippen LogP contribution < -0.4 is 10.5 Å². The Labute approximate surface area is 127 Å². The Morgan fingerprint density at radius 1 is 1.19 bits per heavy atom. The molecule has 2 aromatic rings. The molecule has 0 saturated carbocycles. The lowest BCUT2D eigenvalue weighted by Gasteiger charge is -2.14. The van der Waals surface area contributed by atoms with Gasteiger partial charge in [0, 0.05) is 16.3 Å². The zero-order valence-electron chi connectivity index (χ0n) is 11.4. The van der Waals surface area contributed by atoms with Crippen molar-refractivity contribution in [2.75, 3.05) is 10.5 Å². The maximum absolute atomic E-state index is 13.7. The molecular weight excluding hydrogens is 315 g/mol. The zero-order valence-corrected chi connectivity index (χ0v) is 13.0. The maximum atomic E-state index is 13.7. The van der Waals surface area contributed by atoms with Crippen LogP contribution in [0.15, 0.2) is 35.2 Å². The van der Waals surface area contributed by atoms with E-state index in [2.05, 4.69) is 4.72 Å². The highest BCUT2D eigenvalue weighted by Crippen LogP contribution is 2.28. The molecule has 0 unspecified atom stereocenters. The normalized spacial score (nSPS) is 11.4. The summed E-state index contributed by atoms with van der Waals surface area (Å²) in [5.74, 6) is -0.668. The number of hydrogen-bond acceptors (Lipinski definition) is 3. The topological polar surface area (TPSA) is 72.2 Å². The molecule has 112 valence electrons. The Balaban J connectivity index is 2.51. The van der Waals surface area contributed by atoms with E-state index in [4.69, 9.17) is 17.3 Å². The van der Waals surface area contributed by atoms with Crippen molar-refractivity contribution in [2.24, 2.45) is 0 Å². The first-order chi connectivity index (χ1) is 9.72. The van der Waals surface area contributed by atoms with Gasteiger partial charge in [0.2, 0.25) is 0 Å². The van der Waals surface area contributed by atoms with E-state index in [9.17, 15) is 12.8 Å². The molecule has 4 nitrogen and oxygen atoms in total. The molecule has 0 atom stereocenters. The maximum Gasteiger partial charge on any atom is 0.262 e. The van der Waals surface area contributed by atoms with Crippen LogP contribution in [0, 0.1) is 19.7 Å². The number of nitrogens with one attached hydrogen (secondary N) is 1. The summed E-state index contributed by atoms with van der Waals surface area (Å²) in [6.07, 6.45) is 0. The van der Waals surface area contributed by atoms with Gasteiger partial charge in [-0.05, 0) is 43.7 Å². The quantitative estimate of drug-likeness (QED) is 0.847. The number of sulfonamides is 1. The summed E-state index contributed by atoms with van der Waals surface area (Å²) in [6.45, 7) is 3.07. The lowest BCUT2D eigenvalue weighted by molar-refractivity contribution is 0.591. The Kier molecular flexibility index (Phi) is 4.11. The summed E-state index contributed by atoms with van der Waals surface area (Å²) in [5, 5.41) is 0.436. The molecule has 2 aromatic carbocycles. The first-order valence-corrected chi connectivity index (χ1v) is 7.92. The van der Waals surface area contributed by atoms with Crippen LogP contribution in [0.4, 0.5) is 15.8 Å². The lowest BCUT2D eigenvalue weighted by Crippen LogP contribution is -2.16. The van der Waals surface area contributed by atoms with E-state index in [-0.39, 0.29) is 16.1 Å². The zero-order chi connectivity index (χ0) is 15.8. The Morgan fingerprint density at radius 3 is 2.52 bits per heavy atom. The average Bonchev–Trinajstić information content (AvgIpc) is 2.39. The summed E-state index contributed by atoms with van der Waals surface area (Å²) < 4.78 is 40.9. The van der Waals surface area contributed by atoms with Crippen LogP contribution in [0.3, 0.4) is 0 Å². The van der Waals surface area contributed by atoms with E-state index in [0.29, 0.717) is 16.3 Å². The third kappa shape index (κ3) is 3.11. The minimum absolute atomic E-state index is 0.0105. The van der Waals surface area contributed by atoms with Gasteiger partial charge in [0.05, 0.1) is 10.6 Å². The largest absolute Gasteiger partial charge is 0.399 e. The Bertz CT molecular complexity index is 807. The Hall–Kier alpha value is -1.79. The van der Waals surface area contributed by atoms with Crippen molar-refractivity contribution in [1.82, 2.24) is 0 Å². The number of halogens is 2. The summed E-state index contributed by atoms with van der Waals surface area (Å²) in [5.41, 5.74) is 6.50. The van der Waals surface area contributed by atoms with Crippen LogP contribution in [0.5, 0.6) is 0 Å². The standard InChI is InChI=1S/C14H14ClFN2O2S/c1-8-11(15)4-3-5-13(8)18-21(19,20)14-7-10(17)6-12(16)9(14)2/h3-7,18H,17H2,1-2H3. The van der Waals surface area contributed by atoms with Gasteiger partial charge in [0.25, 0.3) is 10.0 Å². The molecule has 0 amide bonds. The monoisotopic (exact) mass is 328 g/mol. The predicted octanol–water partition coefficient (Wildman–Crippen LogP) is 3.48. The summed E-state index contributed by atoms with van der Waals surface area (Å²) in [6, 6.07) is 7.16. The average molecular weight is 329 g/mol. The fourth-order valence-electron chi connectivity index (χ4n) is 1.87. The molecule has 0 saturated heterocycles. The predicted molar refractivity (Wildman–Crippen MR) is 82.5 cm³/mol. The molecule has 0 spiro atoms. The number of rotatable bonds is 3. The fraction of sp³-hybridized carbons (Fsp3) is 0.143. The van der Waals surface area contributed by atoms with E-state index in [0.717, 1.165) is 6.07 Å². The molecule has 7 heteroatoms. The molecule has 2 rings (SSSR count). The van der Waals surface area contributed by atoms with Gasteiger partial charge in [-0.1, -0.05) is 17.7 Å². The summed E-state index contributed by atoms with van der Waals surface area (Å²) in [4.78, 5) is -0.195. The minimum atomic E-state index is -3.96. The van der Waals surface area contributed by atoms with Gasteiger partial charge in [-0.3, -0.25) is 4.72 Å². The van der Waals surface area contributed by atoms with Crippen LogP contribution in [-0.4, -0.2) is 8.42 Å². The number of nitrogens with two attached hydrogens (primary N) is 1. The van der Waals surface area contributed by atoms with E-state index >= 15 is 0 Å². The van der Waals surface area contributed by atoms with Gasteiger partial charge in [0.1, 0.15) is 5.82 Å². The van der Waals surface area contributed by atoms with Crippen molar-refractivity contribution in [3.8, 4) is 0 Å². The van der Waals surface area contributed by atoms with Crippen LogP contribution in [0.1, 0.15) is 11.1 Å². The number of benzene rings is 2. The highest BCUT2D eigenvalue weighted by Gasteiger charge is 2.21. The molecule has 0 aromatic heterocycles. The summed E-state index contributed by atoms with van der Waals surface area (Å²) in [7, 11) is -3.96. The molecule has 0 bridgehead atoms. The van der Waals surface area contributed by atoms with Gasteiger partial charge in [-0.25, -0.2) is 12.8 Å². The molecule has 0 aliphatic rings.